The van der Waals surface area contributed by atoms with Gasteiger partial charge in [0.1, 0.15) is 5.54 Å². The van der Waals surface area contributed by atoms with Crippen LogP contribution in [0.1, 0.15) is 22.8 Å². The molecule has 156 valence electrons. The molecule has 0 unspecified atom stereocenters. The molecule has 3 rings (SSSR count). The van der Waals surface area contributed by atoms with E-state index < -0.39 is 34.7 Å². The van der Waals surface area contributed by atoms with E-state index in [1.807, 2.05) is 0 Å². The lowest BCUT2D eigenvalue weighted by molar-refractivity contribution is -0.384. The molecule has 0 aromatic heterocycles. The molecule has 0 bridgehead atoms. The quantitative estimate of drug-likeness (QED) is 0.319. The summed E-state index contributed by atoms with van der Waals surface area (Å²) in [5.74, 6) is -0.311. The average molecular weight is 413 g/mol. The number of nitrogens with zero attached hydrogens (tertiary/aromatic N) is 2. The van der Waals surface area contributed by atoms with E-state index in [4.69, 9.17) is 9.47 Å². The van der Waals surface area contributed by atoms with Crippen LogP contribution in [0.15, 0.2) is 42.5 Å². The summed E-state index contributed by atoms with van der Waals surface area (Å²) in [4.78, 5) is 49.2. The molecule has 2 aromatic rings. The highest BCUT2D eigenvalue weighted by molar-refractivity contribution is 6.11. The fraction of sp³-hybridized carbons (Fsp3) is 0.250. The molecule has 0 saturated carbocycles. The molecule has 1 fully saturated rings. The number of hydrogen-bond donors (Lipinski definition) is 1. The number of nitrogens with one attached hydrogen (secondary N) is 1. The van der Waals surface area contributed by atoms with Crippen LogP contribution in [0.25, 0.3) is 0 Å². The number of nitro groups is 1. The van der Waals surface area contributed by atoms with Crippen molar-refractivity contribution >= 4 is 23.4 Å². The van der Waals surface area contributed by atoms with Gasteiger partial charge in [0.2, 0.25) is 0 Å². The predicted molar refractivity (Wildman–Crippen MR) is 105 cm³/mol. The molecule has 1 aliphatic heterocycles. The standard InChI is InChI=1S/C20H19N3O7/c1-20(13-5-7-14(8-6-13)23(27)28)18(25)22(19(26)21-20)11-15(24)12-4-9-16(29-2)17(10-12)30-3/h4-10H,11H2,1-3H3,(H,21,26)/t20-/m0/s1. The molecule has 2 aromatic carbocycles. The lowest BCUT2D eigenvalue weighted by atomic mass is 9.92. The van der Waals surface area contributed by atoms with E-state index in [1.165, 1.54) is 57.5 Å². The van der Waals surface area contributed by atoms with Gasteiger partial charge in [-0.15, -0.1) is 0 Å². The molecule has 0 spiro atoms. The van der Waals surface area contributed by atoms with Crippen LogP contribution in [-0.4, -0.2) is 48.3 Å². The molecule has 0 aliphatic carbocycles. The molecule has 1 heterocycles. The molecular formula is C20H19N3O7. The topological polar surface area (TPSA) is 128 Å². The minimum absolute atomic E-state index is 0.139. The highest BCUT2D eigenvalue weighted by Gasteiger charge is 2.49. The monoisotopic (exact) mass is 413 g/mol. The second-order valence-corrected chi connectivity index (χ2v) is 6.74. The Bertz CT molecular complexity index is 1040. The van der Waals surface area contributed by atoms with Gasteiger partial charge in [-0.05, 0) is 42.8 Å². The van der Waals surface area contributed by atoms with Gasteiger partial charge in [0, 0.05) is 17.7 Å². The Morgan fingerprint density at radius 1 is 1.10 bits per heavy atom. The number of nitro benzene ring substituents is 1. The van der Waals surface area contributed by atoms with Crippen LogP contribution in [0.3, 0.4) is 0 Å². The van der Waals surface area contributed by atoms with Gasteiger partial charge in [0.05, 0.1) is 25.7 Å². The van der Waals surface area contributed by atoms with E-state index in [9.17, 15) is 24.5 Å². The van der Waals surface area contributed by atoms with E-state index in [2.05, 4.69) is 5.32 Å². The first-order valence-corrected chi connectivity index (χ1v) is 8.85. The van der Waals surface area contributed by atoms with Crippen LogP contribution >= 0.6 is 0 Å². The van der Waals surface area contributed by atoms with Crippen molar-refractivity contribution in [2.45, 2.75) is 12.5 Å². The maximum atomic E-state index is 13.0. The highest BCUT2D eigenvalue weighted by Crippen LogP contribution is 2.31. The Morgan fingerprint density at radius 3 is 2.30 bits per heavy atom. The van der Waals surface area contributed by atoms with Crippen LogP contribution in [0.2, 0.25) is 0 Å². The molecule has 3 amide bonds. The number of ether oxygens (including phenoxy) is 2. The number of carbonyl (C=O) groups is 3. The van der Waals surface area contributed by atoms with Crippen molar-refractivity contribution in [3.05, 3.63) is 63.7 Å². The summed E-state index contributed by atoms with van der Waals surface area (Å²) in [5, 5.41) is 13.4. The third-order valence-electron chi connectivity index (χ3n) is 4.94. The summed E-state index contributed by atoms with van der Waals surface area (Å²) in [6, 6.07) is 9.10. The summed E-state index contributed by atoms with van der Waals surface area (Å²) in [7, 11) is 2.89. The molecule has 1 N–H and O–H groups in total. The zero-order chi connectivity index (χ0) is 22.1. The van der Waals surface area contributed by atoms with Gasteiger partial charge in [-0.3, -0.25) is 24.6 Å². The third-order valence-corrected chi connectivity index (χ3v) is 4.94. The molecule has 1 aliphatic rings. The fourth-order valence-electron chi connectivity index (χ4n) is 3.20. The van der Waals surface area contributed by atoms with Gasteiger partial charge in [-0.2, -0.15) is 0 Å². The third kappa shape index (κ3) is 3.54. The van der Waals surface area contributed by atoms with Crippen molar-refractivity contribution in [3.63, 3.8) is 0 Å². The summed E-state index contributed by atoms with van der Waals surface area (Å²) in [5.41, 5.74) is -0.964. The van der Waals surface area contributed by atoms with Crippen LogP contribution in [-0.2, 0) is 10.3 Å². The zero-order valence-corrected chi connectivity index (χ0v) is 16.5. The lowest BCUT2D eigenvalue weighted by Crippen LogP contribution is -2.41. The second kappa shape index (κ2) is 7.82. The Morgan fingerprint density at radius 2 is 1.73 bits per heavy atom. The fourth-order valence-corrected chi connectivity index (χ4v) is 3.20. The minimum Gasteiger partial charge on any atom is -0.493 e. The predicted octanol–water partition coefficient (Wildman–Crippen LogP) is 2.26. The Kier molecular flexibility index (Phi) is 5.41. The number of benzene rings is 2. The number of non-ortho nitro benzene ring substituents is 1. The van der Waals surface area contributed by atoms with Gasteiger partial charge in [0.25, 0.3) is 11.6 Å². The van der Waals surface area contributed by atoms with E-state index in [1.54, 1.807) is 6.07 Å². The van der Waals surface area contributed by atoms with Gasteiger partial charge < -0.3 is 14.8 Å². The lowest BCUT2D eigenvalue weighted by Gasteiger charge is -2.22. The number of hydrogen-bond acceptors (Lipinski definition) is 7. The second-order valence-electron chi connectivity index (χ2n) is 6.74. The van der Waals surface area contributed by atoms with E-state index in [-0.39, 0.29) is 11.3 Å². The van der Waals surface area contributed by atoms with Crippen molar-refractivity contribution in [2.24, 2.45) is 0 Å². The summed E-state index contributed by atoms with van der Waals surface area (Å²) >= 11 is 0. The van der Waals surface area contributed by atoms with E-state index in [0.29, 0.717) is 17.1 Å². The number of imide groups is 1. The van der Waals surface area contributed by atoms with Gasteiger partial charge in [-0.1, -0.05) is 0 Å². The number of amides is 3. The smallest absolute Gasteiger partial charge is 0.325 e. The van der Waals surface area contributed by atoms with Crippen molar-refractivity contribution < 1.29 is 28.8 Å². The van der Waals surface area contributed by atoms with E-state index >= 15 is 0 Å². The minimum atomic E-state index is -1.44. The molecule has 10 nitrogen and oxygen atoms in total. The van der Waals surface area contributed by atoms with Crippen LogP contribution in [0.4, 0.5) is 10.5 Å². The first-order chi connectivity index (χ1) is 14.2. The molecule has 1 saturated heterocycles. The molecule has 0 radical (unpaired) electrons. The summed E-state index contributed by atoms with van der Waals surface area (Å²) in [6.07, 6.45) is 0. The molecule has 10 heteroatoms. The van der Waals surface area contributed by atoms with Crippen LogP contribution < -0.4 is 14.8 Å². The van der Waals surface area contributed by atoms with Crippen molar-refractivity contribution in [1.82, 2.24) is 10.2 Å². The molecular weight excluding hydrogens is 394 g/mol. The van der Waals surface area contributed by atoms with Crippen LogP contribution in [0, 0.1) is 10.1 Å². The summed E-state index contributed by atoms with van der Waals surface area (Å²) in [6.45, 7) is 1.01. The Balaban J connectivity index is 1.82. The normalized spacial score (nSPS) is 18.2. The number of carbonyl (C=O) groups excluding carboxylic acids is 3. The van der Waals surface area contributed by atoms with Gasteiger partial charge >= 0.3 is 6.03 Å². The number of methoxy groups -OCH3 is 2. The number of rotatable bonds is 7. The largest absolute Gasteiger partial charge is 0.493 e. The summed E-state index contributed by atoms with van der Waals surface area (Å²) < 4.78 is 10.3. The SMILES string of the molecule is COc1ccc(C(=O)CN2C(=O)N[C@@](C)(c3ccc([N+](=O)[O-])cc3)C2=O)cc1OC. The average Bonchev–Trinajstić information content (AvgIpc) is 2.97. The zero-order valence-electron chi connectivity index (χ0n) is 16.5. The number of ketones is 1. The maximum Gasteiger partial charge on any atom is 0.325 e. The maximum absolute atomic E-state index is 13.0. The molecule has 1 atom stereocenters. The number of urea groups is 1. The number of Topliss-reactive ketones (excluding diaryl/α,β-unsaturated/α-hetero) is 1. The van der Waals surface area contributed by atoms with Gasteiger partial charge in [-0.25, -0.2) is 4.79 Å². The van der Waals surface area contributed by atoms with Gasteiger partial charge in [0.15, 0.2) is 17.3 Å². The van der Waals surface area contributed by atoms with Crippen LogP contribution in [0.5, 0.6) is 11.5 Å². The van der Waals surface area contributed by atoms with Crippen molar-refractivity contribution in [3.8, 4) is 11.5 Å². The van der Waals surface area contributed by atoms with E-state index in [0.717, 1.165) is 4.90 Å². The Labute approximate surface area is 171 Å². The highest BCUT2D eigenvalue weighted by atomic mass is 16.6. The Hall–Kier alpha value is -3.95. The first-order valence-electron chi connectivity index (χ1n) is 8.85. The first kappa shape index (κ1) is 20.8. The molecule has 30 heavy (non-hydrogen) atoms. The van der Waals surface area contributed by atoms with Crippen molar-refractivity contribution in [2.75, 3.05) is 20.8 Å². The van der Waals surface area contributed by atoms with Crippen molar-refractivity contribution in [1.29, 1.82) is 0 Å².